The van der Waals surface area contributed by atoms with Gasteiger partial charge in [-0.15, -0.1) is 11.6 Å². The van der Waals surface area contributed by atoms with Crippen molar-refractivity contribution in [3.63, 3.8) is 0 Å². The predicted molar refractivity (Wildman–Crippen MR) is 62.3 cm³/mol. The van der Waals surface area contributed by atoms with Crippen molar-refractivity contribution in [2.45, 2.75) is 18.8 Å². The van der Waals surface area contributed by atoms with Crippen molar-refractivity contribution in [2.75, 3.05) is 13.7 Å². The van der Waals surface area contributed by atoms with Gasteiger partial charge >= 0.3 is 5.97 Å². The zero-order valence-corrected chi connectivity index (χ0v) is 10.1. The van der Waals surface area contributed by atoms with Crippen molar-refractivity contribution < 1.29 is 9.53 Å². The highest BCUT2D eigenvalue weighted by Crippen LogP contribution is 2.01. The van der Waals surface area contributed by atoms with Crippen molar-refractivity contribution in [1.29, 1.82) is 0 Å². The Morgan fingerprint density at radius 2 is 2.38 bits per heavy atom. The molecule has 0 spiro atoms. The van der Waals surface area contributed by atoms with Crippen LogP contribution in [0.25, 0.3) is 0 Å². The van der Waals surface area contributed by atoms with E-state index in [1.54, 1.807) is 12.4 Å². The normalized spacial score (nSPS) is 12.2. The van der Waals surface area contributed by atoms with Gasteiger partial charge in [-0.1, -0.05) is 6.07 Å². The molecule has 1 atom stereocenters. The number of carbonyl (C=O) groups is 1. The fourth-order valence-electron chi connectivity index (χ4n) is 1.27. The van der Waals surface area contributed by atoms with Crippen molar-refractivity contribution >= 4 is 17.6 Å². The Balaban J connectivity index is 2.33. The molecule has 0 aliphatic carbocycles. The van der Waals surface area contributed by atoms with Crippen LogP contribution in [0.5, 0.6) is 0 Å². The highest BCUT2D eigenvalue weighted by molar-refractivity contribution is 6.30. The molecule has 1 aromatic rings. The second kappa shape index (κ2) is 6.45. The number of pyridine rings is 1. The molecule has 0 aliphatic rings. The number of rotatable bonds is 5. The predicted octanol–water partition coefficient (Wildman–Crippen LogP) is 1.26. The molecule has 1 heterocycles. The summed E-state index contributed by atoms with van der Waals surface area (Å²) in [4.78, 5) is 15.1. The van der Waals surface area contributed by atoms with Crippen molar-refractivity contribution in [2.24, 2.45) is 0 Å². The highest BCUT2D eigenvalue weighted by Gasteiger charge is 2.14. The highest BCUT2D eigenvalue weighted by atomic mass is 35.5. The second-order valence-corrected chi connectivity index (χ2v) is 4.02. The third-order valence-electron chi connectivity index (χ3n) is 2.04. The standard InChI is InChI=1S/C11H15ClN2O2/c1-8-3-9(5-13-4-8)6-14-7-10(12)11(15)16-2/h3-5,10,14H,6-7H2,1-2H3. The minimum atomic E-state index is -0.650. The molecule has 0 aliphatic heterocycles. The van der Waals surface area contributed by atoms with Gasteiger partial charge in [0.2, 0.25) is 0 Å². The summed E-state index contributed by atoms with van der Waals surface area (Å²) >= 11 is 5.78. The number of hydrogen-bond acceptors (Lipinski definition) is 4. The monoisotopic (exact) mass is 242 g/mol. The van der Waals surface area contributed by atoms with Gasteiger partial charge in [-0.2, -0.15) is 0 Å². The van der Waals surface area contributed by atoms with Crippen LogP contribution in [0.1, 0.15) is 11.1 Å². The number of ether oxygens (including phenoxy) is 1. The van der Waals surface area contributed by atoms with Crippen molar-refractivity contribution in [3.05, 3.63) is 29.6 Å². The van der Waals surface area contributed by atoms with Crippen molar-refractivity contribution in [1.82, 2.24) is 10.3 Å². The summed E-state index contributed by atoms with van der Waals surface area (Å²) in [5.74, 6) is -0.420. The Morgan fingerprint density at radius 3 is 3.00 bits per heavy atom. The topological polar surface area (TPSA) is 51.2 Å². The van der Waals surface area contributed by atoms with Crippen LogP contribution in [0, 0.1) is 6.92 Å². The van der Waals surface area contributed by atoms with Gasteiger partial charge in [-0.25, -0.2) is 0 Å². The van der Waals surface area contributed by atoms with E-state index >= 15 is 0 Å². The molecule has 0 fully saturated rings. The molecule has 4 nitrogen and oxygen atoms in total. The maximum absolute atomic E-state index is 11.0. The van der Waals surface area contributed by atoms with E-state index in [9.17, 15) is 4.79 Å². The average Bonchev–Trinajstić information content (AvgIpc) is 2.28. The van der Waals surface area contributed by atoms with E-state index in [1.165, 1.54) is 7.11 Å². The number of hydrogen-bond donors (Lipinski definition) is 1. The molecule has 1 aromatic heterocycles. The Hall–Kier alpha value is -1.13. The van der Waals surface area contributed by atoms with E-state index in [-0.39, 0.29) is 0 Å². The molecule has 0 radical (unpaired) electrons. The Bertz CT molecular complexity index is 358. The molecule has 0 saturated heterocycles. The number of aryl methyl sites for hydroxylation is 1. The molecule has 1 N–H and O–H groups in total. The summed E-state index contributed by atoms with van der Waals surface area (Å²) in [6.45, 7) is 2.99. The smallest absolute Gasteiger partial charge is 0.325 e. The molecule has 0 aromatic carbocycles. The number of alkyl halides is 1. The van der Waals surface area contributed by atoms with Crippen LogP contribution < -0.4 is 5.32 Å². The van der Waals surface area contributed by atoms with E-state index in [1.807, 2.05) is 13.0 Å². The number of nitrogens with one attached hydrogen (secondary N) is 1. The van der Waals surface area contributed by atoms with Gasteiger partial charge < -0.3 is 10.1 Å². The van der Waals surface area contributed by atoms with Crippen LogP contribution in [0.4, 0.5) is 0 Å². The first-order chi connectivity index (χ1) is 7.63. The van der Waals surface area contributed by atoms with Crippen LogP contribution in [0.15, 0.2) is 18.5 Å². The first-order valence-electron chi connectivity index (χ1n) is 4.96. The molecule has 0 bridgehead atoms. The lowest BCUT2D eigenvalue weighted by Crippen LogP contribution is -2.29. The lowest BCUT2D eigenvalue weighted by molar-refractivity contribution is -0.140. The first-order valence-corrected chi connectivity index (χ1v) is 5.40. The lowest BCUT2D eigenvalue weighted by atomic mass is 10.2. The molecule has 88 valence electrons. The SMILES string of the molecule is COC(=O)C(Cl)CNCc1cncc(C)c1. The molecule has 5 heteroatoms. The fourth-order valence-corrected chi connectivity index (χ4v) is 1.47. The number of aromatic nitrogens is 1. The Labute approximate surface area is 100.0 Å². The van der Waals surface area contributed by atoms with Crippen molar-refractivity contribution in [3.8, 4) is 0 Å². The quantitative estimate of drug-likeness (QED) is 0.624. The zero-order chi connectivity index (χ0) is 12.0. The summed E-state index contributed by atoms with van der Waals surface area (Å²) in [5.41, 5.74) is 2.17. The Kier molecular flexibility index (Phi) is 5.22. The molecular formula is C11H15ClN2O2. The summed E-state index contributed by atoms with van der Waals surface area (Å²) in [5, 5.41) is 2.42. The van der Waals surface area contributed by atoms with Crippen LogP contribution in [0.3, 0.4) is 0 Å². The van der Waals surface area contributed by atoms with Gasteiger partial charge in [0.05, 0.1) is 7.11 Å². The van der Waals surface area contributed by atoms with Crippen LogP contribution >= 0.6 is 11.6 Å². The second-order valence-electron chi connectivity index (χ2n) is 3.49. The number of esters is 1. The summed E-state index contributed by atoms with van der Waals surface area (Å²) in [6, 6.07) is 2.03. The van der Waals surface area contributed by atoms with Gasteiger partial charge in [-0.3, -0.25) is 9.78 Å². The molecule has 0 saturated carbocycles. The van der Waals surface area contributed by atoms with E-state index < -0.39 is 11.3 Å². The number of methoxy groups -OCH3 is 1. The Morgan fingerprint density at radius 1 is 1.62 bits per heavy atom. The average molecular weight is 243 g/mol. The number of nitrogens with zero attached hydrogens (tertiary/aromatic N) is 1. The zero-order valence-electron chi connectivity index (χ0n) is 9.37. The van der Waals surface area contributed by atoms with Crippen LogP contribution in [-0.2, 0) is 16.1 Å². The molecule has 1 rings (SSSR count). The largest absolute Gasteiger partial charge is 0.468 e. The maximum Gasteiger partial charge on any atom is 0.325 e. The third-order valence-corrected chi connectivity index (χ3v) is 2.37. The number of halogens is 1. The fraction of sp³-hybridized carbons (Fsp3) is 0.455. The van der Waals surface area contributed by atoms with E-state index in [4.69, 9.17) is 11.6 Å². The number of carbonyl (C=O) groups excluding carboxylic acids is 1. The molecule has 0 amide bonds. The molecular weight excluding hydrogens is 228 g/mol. The van der Waals surface area contributed by atoms with Gasteiger partial charge in [0.1, 0.15) is 5.38 Å². The first kappa shape index (κ1) is 12.9. The van der Waals surface area contributed by atoms with Crippen LogP contribution in [0.2, 0.25) is 0 Å². The van der Waals surface area contributed by atoms with E-state index in [2.05, 4.69) is 15.0 Å². The minimum absolute atomic E-state index is 0.377. The molecule has 1 unspecified atom stereocenters. The van der Waals surface area contributed by atoms with E-state index in [0.717, 1.165) is 11.1 Å². The summed E-state index contributed by atoms with van der Waals surface area (Å²) in [7, 11) is 1.32. The van der Waals surface area contributed by atoms with Crippen LogP contribution in [-0.4, -0.2) is 30.0 Å². The third kappa shape index (κ3) is 4.16. The minimum Gasteiger partial charge on any atom is -0.468 e. The van der Waals surface area contributed by atoms with Gasteiger partial charge in [-0.05, 0) is 18.1 Å². The lowest BCUT2D eigenvalue weighted by Gasteiger charge is -2.08. The molecule has 16 heavy (non-hydrogen) atoms. The van der Waals surface area contributed by atoms with E-state index in [0.29, 0.717) is 13.1 Å². The summed E-state index contributed by atoms with van der Waals surface area (Å²) < 4.78 is 4.51. The maximum atomic E-state index is 11.0. The summed E-state index contributed by atoms with van der Waals surface area (Å²) in [6.07, 6.45) is 3.57. The van der Waals surface area contributed by atoms with Gasteiger partial charge in [0.15, 0.2) is 0 Å². The van der Waals surface area contributed by atoms with Gasteiger partial charge in [0, 0.05) is 25.5 Å². The van der Waals surface area contributed by atoms with Gasteiger partial charge in [0.25, 0.3) is 0 Å².